The van der Waals surface area contributed by atoms with Gasteiger partial charge >= 0.3 is 23.4 Å². The van der Waals surface area contributed by atoms with Crippen LogP contribution in [0.2, 0.25) is 0 Å². The molecule has 0 aliphatic heterocycles. The molecular weight excluding hydrogens is 462 g/mol. The third-order valence-electron chi connectivity index (χ3n) is 4.31. The molecule has 2 aromatic heterocycles. The minimum absolute atomic E-state index is 0.00969. The number of anilines is 1. The van der Waals surface area contributed by atoms with Crippen molar-refractivity contribution < 1.29 is 33.7 Å². The van der Waals surface area contributed by atoms with Crippen LogP contribution in [0.1, 0.15) is 51.6 Å². The van der Waals surface area contributed by atoms with Crippen molar-refractivity contribution in [3.8, 4) is 0 Å². The Labute approximate surface area is 190 Å². The van der Waals surface area contributed by atoms with Crippen molar-refractivity contribution >= 4 is 45.7 Å². The number of aromatic nitrogens is 2. The molecule has 14 nitrogen and oxygen atoms in total. The lowest BCUT2D eigenvalue weighted by Crippen LogP contribution is -2.21. The van der Waals surface area contributed by atoms with Crippen LogP contribution >= 0.6 is 11.3 Å². The van der Waals surface area contributed by atoms with E-state index in [0.717, 1.165) is 16.0 Å². The Kier molecular flexibility index (Phi) is 8.17. The first-order valence-electron chi connectivity index (χ1n) is 9.66. The van der Waals surface area contributed by atoms with E-state index in [2.05, 4.69) is 10.4 Å². The molecule has 1 amide bonds. The first-order valence-corrected chi connectivity index (χ1v) is 10.5. The Morgan fingerprint density at radius 1 is 1.09 bits per heavy atom. The van der Waals surface area contributed by atoms with Crippen LogP contribution in [0.4, 0.5) is 16.5 Å². The molecule has 0 saturated carbocycles. The largest absolute Gasteiger partial charge is 0.468 e. The maximum atomic E-state index is 12.6. The summed E-state index contributed by atoms with van der Waals surface area (Å²) < 4.78 is 10.9. The second-order valence-corrected chi connectivity index (χ2v) is 7.61. The van der Waals surface area contributed by atoms with Crippen LogP contribution in [0.5, 0.6) is 0 Å². The number of thiophene rings is 1. The predicted molar refractivity (Wildman–Crippen MR) is 114 cm³/mol. The molecule has 0 fully saturated rings. The van der Waals surface area contributed by atoms with Gasteiger partial charge in [-0.3, -0.25) is 14.9 Å². The maximum Gasteiger partial charge on any atom is 0.468 e. The highest BCUT2D eigenvalue weighted by Gasteiger charge is 2.36. The van der Waals surface area contributed by atoms with Crippen LogP contribution < -0.4 is 5.32 Å². The smallest absolute Gasteiger partial charge is 0.462 e. The Bertz CT molecular complexity index is 1120. The van der Waals surface area contributed by atoms with Gasteiger partial charge in [-0.2, -0.15) is 4.68 Å². The van der Waals surface area contributed by atoms with Gasteiger partial charge in [-0.25, -0.2) is 9.59 Å². The third-order valence-corrected chi connectivity index (χ3v) is 5.50. The molecule has 33 heavy (non-hydrogen) atoms. The molecule has 2 rings (SSSR count). The zero-order valence-electron chi connectivity index (χ0n) is 18.2. The summed E-state index contributed by atoms with van der Waals surface area (Å²) in [5.74, 6) is -3.21. The van der Waals surface area contributed by atoms with Gasteiger partial charge in [0.1, 0.15) is 22.1 Å². The number of carbonyl (C=O) groups excluding carboxylic acids is 3. The number of rotatable bonds is 10. The molecule has 0 bridgehead atoms. The molecule has 0 atom stereocenters. The number of ether oxygens (including phenoxy) is 2. The minimum Gasteiger partial charge on any atom is -0.462 e. The number of carbonyl (C=O) groups is 3. The lowest BCUT2D eigenvalue weighted by atomic mass is 10.1. The molecule has 0 radical (unpaired) electrons. The van der Waals surface area contributed by atoms with Gasteiger partial charge in [0.25, 0.3) is 0 Å². The summed E-state index contributed by atoms with van der Waals surface area (Å²) in [5, 5.41) is 28.2. The van der Waals surface area contributed by atoms with Crippen molar-refractivity contribution in [3.63, 3.8) is 0 Å². The molecular formula is C18H21N5O9S. The van der Waals surface area contributed by atoms with Crippen molar-refractivity contribution in [3.05, 3.63) is 41.9 Å². The lowest BCUT2D eigenvalue weighted by Gasteiger charge is -2.07. The Hall–Kier alpha value is -3.88. The quantitative estimate of drug-likeness (QED) is 0.299. The van der Waals surface area contributed by atoms with E-state index >= 15 is 0 Å². The summed E-state index contributed by atoms with van der Waals surface area (Å²) in [6.07, 6.45) is 0.553. The summed E-state index contributed by atoms with van der Waals surface area (Å²) in [7, 11) is 0. The third kappa shape index (κ3) is 5.49. The monoisotopic (exact) mass is 483 g/mol. The van der Waals surface area contributed by atoms with Gasteiger partial charge in [0.2, 0.25) is 5.91 Å². The minimum atomic E-state index is -1.02. The van der Waals surface area contributed by atoms with Crippen molar-refractivity contribution in [1.29, 1.82) is 0 Å². The standard InChI is InChI=1S/C18H21N5O9S/c1-5-7-32-17(25)12-9(3)14(18(26)31-6-2)33-16(12)19-11(24)8-21-10(4)13(22(27)28)15(20-21)23(29)30/h5-8H2,1-4H3,(H,19,24). The molecule has 178 valence electrons. The highest BCUT2D eigenvalue weighted by Crippen LogP contribution is 2.35. The lowest BCUT2D eigenvalue weighted by molar-refractivity contribution is -0.424. The van der Waals surface area contributed by atoms with Crippen LogP contribution in [0, 0.1) is 34.1 Å². The van der Waals surface area contributed by atoms with E-state index in [1.54, 1.807) is 13.8 Å². The number of amides is 1. The fourth-order valence-corrected chi connectivity index (χ4v) is 3.92. The van der Waals surface area contributed by atoms with Crippen LogP contribution in [0.25, 0.3) is 0 Å². The Morgan fingerprint density at radius 3 is 2.27 bits per heavy atom. The van der Waals surface area contributed by atoms with E-state index in [1.807, 2.05) is 0 Å². The molecule has 0 saturated heterocycles. The summed E-state index contributed by atoms with van der Waals surface area (Å²) in [4.78, 5) is 57.7. The van der Waals surface area contributed by atoms with Gasteiger partial charge in [0, 0.05) is 0 Å². The Morgan fingerprint density at radius 2 is 1.76 bits per heavy atom. The van der Waals surface area contributed by atoms with E-state index in [9.17, 15) is 34.6 Å². The van der Waals surface area contributed by atoms with Crippen LogP contribution in [-0.4, -0.2) is 50.7 Å². The number of hydrogen-bond donors (Lipinski definition) is 1. The second kappa shape index (κ2) is 10.6. The highest BCUT2D eigenvalue weighted by atomic mass is 32.1. The van der Waals surface area contributed by atoms with Gasteiger partial charge < -0.3 is 24.9 Å². The van der Waals surface area contributed by atoms with Crippen LogP contribution in [0.3, 0.4) is 0 Å². The number of nitrogens with one attached hydrogen (secondary N) is 1. The normalized spacial score (nSPS) is 10.5. The van der Waals surface area contributed by atoms with Gasteiger partial charge in [-0.1, -0.05) is 6.92 Å². The average Bonchev–Trinajstić information content (AvgIpc) is 3.23. The van der Waals surface area contributed by atoms with Crippen molar-refractivity contribution in [2.75, 3.05) is 18.5 Å². The van der Waals surface area contributed by atoms with E-state index in [-0.39, 0.29) is 39.9 Å². The number of nitrogens with zero attached hydrogens (tertiary/aromatic N) is 4. The van der Waals surface area contributed by atoms with E-state index in [0.29, 0.717) is 6.42 Å². The molecule has 15 heteroatoms. The van der Waals surface area contributed by atoms with Crippen molar-refractivity contribution in [2.24, 2.45) is 0 Å². The first kappa shape index (κ1) is 25.4. The summed E-state index contributed by atoms with van der Waals surface area (Å²) in [5.41, 5.74) is -0.789. The molecule has 0 aliphatic rings. The molecule has 0 spiro atoms. The first-order chi connectivity index (χ1) is 15.5. The van der Waals surface area contributed by atoms with Gasteiger partial charge in [0.15, 0.2) is 0 Å². The van der Waals surface area contributed by atoms with Crippen LogP contribution in [-0.2, 0) is 20.8 Å². The fourth-order valence-electron chi connectivity index (χ4n) is 2.82. The molecule has 1 N–H and O–H groups in total. The van der Waals surface area contributed by atoms with Crippen molar-refractivity contribution in [1.82, 2.24) is 9.78 Å². The SMILES string of the molecule is CCCOC(=O)c1c(NC(=O)Cn2nc([N+](=O)[O-])c([N+](=O)[O-])c2C)sc(C(=O)OCC)c1C. The van der Waals surface area contributed by atoms with E-state index < -0.39 is 45.7 Å². The average molecular weight is 483 g/mol. The molecule has 0 unspecified atom stereocenters. The van der Waals surface area contributed by atoms with E-state index in [1.165, 1.54) is 13.8 Å². The topological polar surface area (TPSA) is 186 Å². The molecule has 2 heterocycles. The zero-order chi connectivity index (χ0) is 24.9. The zero-order valence-corrected chi connectivity index (χ0v) is 19.0. The maximum absolute atomic E-state index is 12.6. The van der Waals surface area contributed by atoms with Crippen molar-refractivity contribution in [2.45, 2.75) is 40.7 Å². The highest BCUT2D eigenvalue weighted by molar-refractivity contribution is 7.18. The van der Waals surface area contributed by atoms with Gasteiger partial charge in [0.05, 0.1) is 28.8 Å². The fraction of sp³-hybridized carbons (Fsp3) is 0.444. The summed E-state index contributed by atoms with van der Waals surface area (Å²) >= 11 is 0.804. The Balaban J connectivity index is 2.39. The summed E-state index contributed by atoms with van der Waals surface area (Å²) in [6.45, 7) is 5.74. The molecule has 0 aromatic carbocycles. The van der Waals surface area contributed by atoms with Gasteiger partial charge in [-0.05, 0) is 37.7 Å². The van der Waals surface area contributed by atoms with Gasteiger partial charge in [-0.15, -0.1) is 11.3 Å². The number of esters is 2. The second-order valence-electron chi connectivity index (χ2n) is 6.59. The number of nitro groups is 2. The summed E-state index contributed by atoms with van der Waals surface area (Å²) in [6, 6.07) is 0. The van der Waals surface area contributed by atoms with Crippen LogP contribution in [0.15, 0.2) is 0 Å². The molecule has 2 aromatic rings. The predicted octanol–water partition coefficient (Wildman–Crippen LogP) is 2.76. The van der Waals surface area contributed by atoms with E-state index in [4.69, 9.17) is 9.47 Å². The molecule has 0 aliphatic carbocycles. The number of hydrogen-bond acceptors (Lipinski definition) is 11.